The Bertz CT molecular complexity index is 1580. The molecule has 2 amide bonds. The first-order valence-corrected chi connectivity index (χ1v) is 12.3. The molecule has 3 aromatic carbocycles. The standard InChI is InChI=1S/C28H22ClN7O3/c29-21-9-13-26(36-17-31-34-35-36)23(15-21)20-8-12-24(30-16-20)25(14-18-4-2-1-3-5-18)33-27(37)19-6-10-22(11-7-19)32-28(38)39/h1-13,15-17,25,32H,14H2,(H,33,37)(H,38,39). The number of anilines is 1. The van der Waals surface area contributed by atoms with Crippen LogP contribution in [0.25, 0.3) is 16.8 Å². The van der Waals surface area contributed by atoms with Crippen LogP contribution in [-0.2, 0) is 6.42 Å². The number of nitrogens with zero attached hydrogens (tertiary/aromatic N) is 5. The highest BCUT2D eigenvalue weighted by atomic mass is 35.5. The van der Waals surface area contributed by atoms with Crippen LogP contribution in [0.3, 0.4) is 0 Å². The van der Waals surface area contributed by atoms with Gasteiger partial charge in [0, 0.05) is 33.6 Å². The summed E-state index contributed by atoms with van der Waals surface area (Å²) in [4.78, 5) is 28.7. The van der Waals surface area contributed by atoms with Crippen LogP contribution in [0, 0.1) is 0 Å². The normalized spacial score (nSPS) is 11.5. The SMILES string of the molecule is O=C(O)Nc1ccc(C(=O)NC(Cc2ccccc2)c2ccc(-c3cc(Cl)ccc3-n3cnnn3)cn2)cc1. The van der Waals surface area contributed by atoms with Crippen LogP contribution in [0.15, 0.2) is 97.5 Å². The highest BCUT2D eigenvalue weighted by Gasteiger charge is 2.19. The van der Waals surface area contributed by atoms with Crippen molar-refractivity contribution < 1.29 is 14.7 Å². The third kappa shape index (κ3) is 6.25. The summed E-state index contributed by atoms with van der Waals surface area (Å²) < 4.78 is 1.55. The number of aromatic nitrogens is 5. The van der Waals surface area contributed by atoms with Crippen LogP contribution in [0.5, 0.6) is 0 Å². The number of amides is 2. The minimum atomic E-state index is -1.17. The number of carbonyl (C=O) groups excluding carboxylic acids is 1. The maximum atomic E-state index is 13.1. The fourth-order valence-corrected chi connectivity index (χ4v) is 4.30. The van der Waals surface area contributed by atoms with E-state index in [0.29, 0.717) is 28.4 Å². The van der Waals surface area contributed by atoms with E-state index in [1.165, 1.54) is 18.5 Å². The van der Waals surface area contributed by atoms with Gasteiger partial charge < -0.3 is 10.4 Å². The smallest absolute Gasteiger partial charge is 0.409 e. The Morgan fingerprint density at radius 3 is 2.44 bits per heavy atom. The fourth-order valence-electron chi connectivity index (χ4n) is 4.13. The highest BCUT2D eigenvalue weighted by Crippen LogP contribution is 2.30. The van der Waals surface area contributed by atoms with Crippen LogP contribution >= 0.6 is 11.6 Å². The zero-order chi connectivity index (χ0) is 27.2. The van der Waals surface area contributed by atoms with Gasteiger partial charge in [-0.2, -0.15) is 4.68 Å². The number of benzene rings is 3. The van der Waals surface area contributed by atoms with Crippen molar-refractivity contribution in [3.05, 3.63) is 119 Å². The Morgan fingerprint density at radius 2 is 1.77 bits per heavy atom. The molecule has 0 bridgehead atoms. The van der Waals surface area contributed by atoms with Crippen molar-refractivity contribution in [3.63, 3.8) is 0 Å². The molecule has 2 aromatic heterocycles. The molecule has 11 heteroatoms. The summed E-state index contributed by atoms with van der Waals surface area (Å²) >= 11 is 6.29. The zero-order valence-electron chi connectivity index (χ0n) is 20.4. The molecule has 3 N–H and O–H groups in total. The summed E-state index contributed by atoms with van der Waals surface area (Å²) in [6.45, 7) is 0. The van der Waals surface area contributed by atoms with Crippen molar-refractivity contribution in [1.29, 1.82) is 0 Å². The first kappa shape index (κ1) is 25.6. The van der Waals surface area contributed by atoms with E-state index < -0.39 is 12.1 Å². The second kappa shape index (κ2) is 11.5. The molecule has 0 aliphatic carbocycles. The molecule has 5 rings (SSSR count). The average molecular weight is 540 g/mol. The lowest BCUT2D eigenvalue weighted by atomic mass is 10.00. The van der Waals surface area contributed by atoms with Crippen molar-refractivity contribution in [3.8, 4) is 16.8 Å². The summed E-state index contributed by atoms with van der Waals surface area (Å²) in [5, 5.41) is 26.2. The third-order valence-corrected chi connectivity index (χ3v) is 6.23. The van der Waals surface area contributed by atoms with E-state index in [1.807, 2.05) is 54.6 Å². The van der Waals surface area contributed by atoms with Crippen LogP contribution in [-0.4, -0.2) is 42.3 Å². The molecule has 1 atom stereocenters. The van der Waals surface area contributed by atoms with Crippen molar-refractivity contribution in [2.24, 2.45) is 0 Å². The number of nitrogens with one attached hydrogen (secondary N) is 2. The predicted molar refractivity (Wildman–Crippen MR) is 146 cm³/mol. The van der Waals surface area contributed by atoms with E-state index in [0.717, 1.165) is 22.4 Å². The summed E-state index contributed by atoms with van der Waals surface area (Å²) in [5.74, 6) is -0.306. The van der Waals surface area contributed by atoms with Gasteiger partial charge in [0.1, 0.15) is 6.33 Å². The number of hydrogen-bond donors (Lipinski definition) is 3. The molecule has 10 nitrogen and oxygen atoms in total. The van der Waals surface area contributed by atoms with Gasteiger partial charge in [-0.15, -0.1) is 5.10 Å². The van der Waals surface area contributed by atoms with Gasteiger partial charge in [-0.05, 0) is 70.9 Å². The van der Waals surface area contributed by atoms with E-state index in [1.54, 1.807) is 29.1 Å². The molecular formula is C28H22ClN7O3. The van der Waals surface area contributed by atoms with Gasteiger partial charge in [-0.3, -0.25) is 15.1 Å². The zero-order valence-corrected chi connectivity index (χ0v) is 21.2. The Morgan fingerprint density at radius 1 is 0.974 bits per heavy atom. The molecule has 0 fully saturated rings. The fraction of sp³-hybridized carbons (Fsp3) is 0.0714. The van der Waals surface area contributed by atoms with E-state index in [-0.39, 0.29) is 5.91 Å². The number of halogens is 1. The molecule has 5 aromatic rings. The lowest BCUT2D eigenvalue weighted by Gasteiger charge is -2.19. The number of hydrogen-bond acceptors (Lipinski definition) is 6. The Labute approximate surface area is 228 Å². The Balaban J connectivity index is 1.42. The molecule has 0 saturated heterocycles. The second-order valence-electron chi connectivity index (χ2n) is 8.61. The first-order chi connectivity index (χ1) is 19.0. The molecule has 0 aliphatic heterocycles. The number of rotatable bonds is 8. The molecule has 0 radical (unpaired) electrons. The average Bonchev–Trinajstić information content (AvgIpc) is 3.48. The summed E-state index contributed by atoms with van der Waals surface area (Å²) in [7, 11) is 0. The quantitative estimate of drug-likeness (QED) is 0.247. The van der Waals surface area contributed by atoms with E-state index in [9.17, 15) is 9.59 Å². The Hall–Kier alpha value is -5.09. The van der Waals surface area contributed by atoms with Crippen molar-refractivity contribution in [1.82, 2.24) is 30.5 Å². The van der Waals surface area contributed by atoms with Crippen LogP contribution < -0.4 is 10.6 Å². The van der Waals surface area contributed by atoms with Crippen LogP contribution in [0.1, 0.15) is 27.7 Å². The van der Waals surface area contributed by atoms with Gasteiger partial charge in [-0.1, -0.05) is 48.0 Å². The molecule has 1 unspecified atom stereocenters. The molecule has 0 spiro atoms. The van der Waals surface area contributed by atoms with Crippen LogP contribution in [0.4, 0.5) is 10.5 Å². The summed E-state index contributed by atoms with van der Waals surface area (Å²) in [5.41, 5.74) is 4.82. The van der Waals surface area contributed by atoms with Gasteiger partial charge in [0.15, 0.2) is 0 Å². The first-order valence-electron chi connectivity index (χ1n) is 11.9. The largest absolute Gasteiger partial charge is 0.465 e. The molecular weight excluding hydrogens is 518 g/mol. The van der Waals surface area contributed by atoms with Gasteiger partial charge in [0.25, 0.3) is 5.91 Å². The minimum absolute atomic E-state index is 0.306. The summed E-state index contributed by atoms with van der Waals surface area (Å²) in [6, 6.07) is 24.8. The number of pyridine rings is 1. The van der Waals surface area contributed by atoms with Gasteiger partial charge in [0.05, 0.1) is 17.4 Å². The van der Waals surface area contributed by atoms with Gasteiger partial charge in [0.2, 0.25) is 0 Å². The monoisotopic (exact) mass is 539 g/mol. The van der Waals surface area contributed by atoms with E-state index in [4.69, 9.17) is 21.7 Å². The van der Waals surface area contributed by atoms with Crippen molar-refractivity contribution in [2.75, 3.05) is 5.32 Å². The van der Waals surface area contributed by atoms with E-state index in [2.05, 4.69) is 26.2 Å². The lowest BCUT2D eigenvalue weighted by molar-refractivity contribution is 0.0935. The summed E-state index contributed by atoms with van der Waals surface area (Å²) in [6.07, 6.45) is 2.58. The third-order valence-electron chi connectivity index (χ3n) is 6.00. The molecule has 0 saturated carbocycles. The Kier molecular flexibility index (Phi) is 7.56. The van der Waals surface area contributed by atoms with Gasteiger partial charge >= 0.3 is 6.09 Å². The lowest BCUT2D eigenvalue weighted by Crippen LogP contribution is -2.30. The van der Waals surface area contributed by atoms with Crippen molar-refractivity contribution >= 4 is 29.3 Å². The number of carbonyl (C=O) groups is 2. The number of carboxylic acid groups (broad SMARTS) is 1. The minimum Gasteiger partial charge on any atom is -0.465 e. The van der Waals surface area contributed by atoms with Gasteiger partial charge in [-0.25, -0.2) is 4.79 Å². The highest BCUT2D eigenvalue weighted by molar-refractivity contribution is 6.31. The number of tetrazole rings is 1. The topological polar surface area (TPSA) is 135 Å². The molecule has 2 heterocycles. The molecule has 39 heavy (non-hydrogen) atoms. The molecule has 194 valence electrons. The van der Waals surface area contributed by atoms with Crippen LogP contribution in [0.2, 0.25) is 5.02 Å². The molecule has 0 aliphatic rings. The predicted octanol–water partition coefficient (Wildman–Crippen LogP) is 5.18. The maximum Gasteiger partial charge on any atom is 0.409 e. The van der Waals surface area contributed by atoms with E-state index >= 15 is 0 Å². The van der Waals surface area contributed by atoms with Crippen molar-refractivity contribution in [2.45, 2.75) is 12.5 Å². The maximum absolute atomic E-state index is 13.1. The second-order valence-corrected chi connectivity index (χ2v) is 9.05.